The Hall–Kier alpha value is -1.10. The maximum atomic E-state index is 9.59. The normalized spacial score (nSPS) is 12.4. The maximum absolute atomic E-state index is 9.59. The van der Waals surface area contributed by atoms with E-state index in [1.807, 2.05) is 36.5 Å². The van der Waals surface area contributed by atoms with Crippen LogP contribution in [0.4, 0.5) is 0 Å². The van der Waals surface area contributed by atoms with Crippen LogP contribution in [-0.4, -0.2) is 42.6 Å². The first-order chi connectivity index (χ1) is 7.74. The van der Waals surface area contributed by atoms with Crippen molar-refractivity contribution in [2.24, 2.45) is 0 Å². The molecule has 0 fully saturated rings. The molecule has 0 aliphatic rings. The molecule has 1 rings (SSSR count). The molecular formula is C12H20NO3+. The number of hydrogen-bond donors (Lipinski definition) is 3. The van der Waals surface area contributed by atoms with Crippen LogP contribution in [0.25, 0.3) is 0 Å². The van der Waals surface area contributed by atoms with E-state index >= 15 is 0 Å². The van der Waals surface area contributed by atoms with Crippen molar-refractivity contribution in [2.75, 3.05) is 26.3 Å². The van der Waals surface area contributed by atoms with Crippen LogP contribution in [0.2, 0.25) is 0 Å². The summed E-state index contributed by atoms with van der Waals surface area (Å²) in [4.78, 5) is 0. The van der Waals surface area contributed by atoms with Gasteiger partial charge in [-0.15, -0.1) is 0 Å². The monoisotopic (exact) mass is 226 g/mol. The van der Waals surface area contributed by atoms with E-state index < -0.39 is 6.10 Å². The average Bonchev–Trinajstić information content (AvgIpc) is 2.28. The van der Waals surface area contributed by atoms with Crippen LogP contribution in [0.1, 0.15) is 5.56 Å². The largest absolute Gasteiger partial charge is 0.490 e. The van der Waals surface area contributed by atoms with Gasteiger partial charge in [-0.3, -0.25) is 0 Å². The Labute approximate surface area is 95.9 Å². The van der Waals surface area contributed by atoms with E-state index in [1.54, 1.807) is 0 Å². The van der Waals surface area contributed by atoms with E-state index in [9.17, 15) is 5.11 Å². The Morgan fingerprint density at radius 1 is 1.38 bits per heavy atom. The summed E-state index contributed by atoms with van der Waals surface area (Å²) in [6.07, 6.45) is -0.508. The second-order valence-electron chi connectivity index (χ2n) is 3.77. The molecule has 0 unspecified atom stereocenters. The molecule has 1 atom stereocenters. The minimum Gasteiger partial charge on any atom is -0.490 e. The van der Waals surface area contributed by atoms with Crippen LogP contribution in [0.5, 0.6) is 5.75 Å². The summed E-state index contributed by atoms with van der Waals surface area (Å²) in [6, 6.07) is 7.72. The molecule has 0 radical (unpaired) electrons. The summed E-state index contributed by atoms with van der Waals surface area (Å²) in [6.45, 7) is 3.55. The predicted molar refractivity (Wildman–Crippen MR) is 61.4 cm³/mol. The number of nitrogens with two attached hydrogens (primary N) is 1. The zero-order valence-corrected chi connectivity index (χ0v) is 9.60. The molecule has 0 aromatic heterocycles. The number of benzene rings is 1. The predicted octanol–water partition coefficient (Wildman–Crippen LogP) is -0.710. The van der Waals surface area contributed by atoms with Gasteiger partial charge in [0.2, 0.25) is 0 Å². The fourth-order valence-electron chi connectivity index (χ4n) is 1.37. The first kappa shape index (κ1) is 13.0. The van der Waals surface area contributed by atoms with E-state index in [1.165, 1.54) is 0 Å². The molecule has 4 heteroatoms. The lowest BCUT2D eigenvalue weighted by Gasteiger charge is -2.12. The van der Waals surface area contributed by atoms with Crippen molar-refractivity contribution in [2.45, 2.75) is 13.0 Å². The lowest BCUT2D eigenvalue weighted by Crippen LogP contribution is -2.87. The zero-order chi connectivity index (χ0) is 11.8. The fourth-order valence-corrected chi connectivity index (χ4v) is 1.37. The van der Waals surface area contributed by atoms with Crippen molar-refractivity contribution in [1.82, 2.24) is 0 Å². The maximum Gasteiger partial charge on any atom is 0.137 e. The van der Waals surface area contributed by atoms with Gasteiger partial charge in [-0.1, -0.05) is 18.2 Å². The third-order valence-corrected chi connectivity index (χ3v) is 2.30. The van der Waals surface area contributed by atoms with Crippen LogP contribution in [-0.2, 0) is 0 Å². The first-order valence-electron chi connectivity index (χ1n) is 5.53. The Morgan fingerprint density at radius 2 is 2.12 bits per heavy atom. The van der Waals surface area contributed by atoms with Crippen molar-refractivity contribution in [1.29, 1.82) is 0 Å². The number of hydrogen-bond acceptors (Lipinski definition) is 3. The van der Waals surface area contributed by atoms with Gasteiger partial charge >= 0.3 is 0 Å². The smallest absolute Gasteiger partial charge is 0.137 e. The SMILES string of the molecule is Cc1ccccc1OC[C@@H](O)C[NH2+]CCO. The number of ether oxygens (including phenoxy) is 1. The van der Waals surface area contributed by atoms with Gasteiger partial charge in [0.15, 0.2) is 0 Å². The second kappa shape index (κ2) is 7.22. The molecule has 4 nitrogen and oxygen atoms in total. The summed E-state index contributed by atoms with van der Waals surface area (Å²) < 4.78 is 5.50. The lowest BCUT2D eigenvalue weighted by atomic mass is 10.2. The molecule has 0 aliphatic carbocycles. The van der Waals surface area contributed by atoms with Crippen LogP contribution >= 0.6 is 0 Å². The highest BCUT2D eigenvalue weighted by Gasteiger charge is 2.07. The van der Waals surface area contributed by atoms with Gasteiger partial charge in [0.05, 0.1) is 13.2 Å². The summed E-state index contributed by atoms with van der Waals surface area (Å²) in [5.74, 6) is 0.809. The van der Waals surface area contributed by atoms with Crippen molar-refractivity contribution >= 4 is 0 Å². The Bertz CT molecular complexity index is 304. The van der Waals surface area contributed by atoms with E-state index in [4.69, 9.17) is 9.84 Å². The van der Waals surface area contributed by atoms with Crippen LogP contribution < -0.4 is 10.1 Å². The van der Waals surface area contributed by atoms with Crippen LogP contribution in [0.15, 0.2) is 24.3 Å². The Balaban J connectivity index is 2.26. The fraction of sp³-hybridized carbons (Fsp3) is 0.500. The molecule has 0 saturated carbocycles. The molecule has 0 spiro atoms. The molecule has 4 N–H and O–H groups in total. The summed E-state index contributed by atoms with van der Waals surface area (Å²) in [5.41, 5.74) is 1.06. The molecule has 0 aliphatic heterocycles. The highest BCUT2D eigenvalue weighted by atomic mass is 16.5. The number of rotatable bonds is 7. The van der Waals surface area contributed by atoms with Crippen molar-refractivity contribution < 1.29 is 20.3 Å². The standard InChI is InChI=1S/C12H19NO3/c1-10-4-2-3-5-12(10)16-9-11(15)8-13-6-7-14/h2-5,11,13-15H,6-9H2,1H3/p+1/t11-/m0/s1. The number of para-hydroxylation sites is 1. The van der Waals surface area contributed by atoms with Crippen LogP contribution in [0, 0.1) is 6.92 Å². The molecule has 0 heterocycles. The van der Waals surface area contributed by atoms with E-state index in [0.717, 1.165) is 11.3 Å². The summed E-state index contributed by atoms with van der Waals surface area (Å²) in [7, 11) is 0. The van der Waals surface area contributed by atoms with Gasteiger partial charge in [-0.05, 0) is 18.6 Å². The number of aliphatic hydroxyl groups is 2. The van der Waals surface area contributed by atoms with Crippen molar-refractivity contribution in [3.05, 3.63) is 29.8 Å². The van der Waals surface area contributed by atoms with Crippen molar-refractivity contribution in [3.63, 3.8) is 0 Å². The molecule has 1 aromatic rings. The van der Waals surface area contributed by atoms with Gasteiger partial charge in [0.1, 0.15) is 25.0 Å². The summed E-state index contributed by atoms with van der Waals surface area (Å²) >= 11 is 0. The molecular weight excluding hydrogens is 206 g/mol. The second-order valence-corrected chi connectivity index (χ2v) is 3.77. The average molecular weight is 226 g/mol. The lowest BCUT2D eigenvalue weighted by molar-refractivity contribution is -0.662. The van der Waals surface area contributed by atoms with Crippen LogP contribution in [0.3, 0.4) is 0 Å². The van der Waals surface area contributed by atoms with Gasteiger partial charge in [0, 0.05) is 0 Å². The molecule has 90 valence electrons. The first-order valence-corrected chi connectivity index (χ1v) is 5.53. The molecule has 0 saturated heterocycles. The number of quaternary nitrogens is 1. The number of aliphatic hydroxyl groups excluding tert-OH is 2. The molecule has 0 bridgehead atoms. The van der Waals surface area contributed by atoms with E-state index in [0.29, 0.717) is 13.1 Å². The topological polar surface area (TPSA) is 66.3 Å². The quantitative estimate of drug-likeness (QED) is 0.538. The molecule has 1 aromatic carbocycles. The Kier molecular flexibility index (Phi) is 5.85. The number of aryl methyl sites for hydroxylation is 1. The van der Waals surface area contributed by atoms with Gasteiger partial charge < -0.3 is 20.3 Å². The highest BCUT2D eigenvalue weighted by Crippen LogP contribution is 2.15. The molecule has 0 amide bonds. The van der Waals surface area contributed by atoms with Gasteiger partial charge in [0.25, 0.3) is 0 Å². The van der Waals surface area contributed by atoms with E-state index in [2.05, 4.69) is 0 Å². The van der Waals surface area contributed by atoms with Gasteiger partial charge in [-0.25, -0.2) is 0 Å². The highest BCUT2D eigenvalue weighted by molar-refractivity contribution is 5.31. The van der Waals surface area contributed by atoms with Crippen molar-refractivity contribution in [3.8, 4) is 5.75 Å². The zero-order valence-electron chi connectivity index (χ0n) is 9.60. The molecule has 16 heavy (non-hydrogen) atoms. The third kappa shape index (κ3) is 4.61. The summed E-state index contributed by atoms with van der Waals surface area (Å²) in [5, 5.41) is 20.0. The van der Waals surface area contributed by atoms with Gasteiger partial charge in [-0.2, -0.15) is 0 Å². The Morgan fingerprint density at radius 3 is 2.81 bits per heavy atom. The minimum absolute atomic E-state index is 0.130. The third-order valence-electron chi connectivity index (χ3n) is 2.30. The van der Waals surface area contributed by atoms with E-state index in [-0.39, 0.29) is 13.2 Å². The minimum atomic E-state index is -0.508.